The van der Waals surface area contributed by atoms with Crippen LogP contribution >= 0.6 is 50.9 Å². The van der Waals surface area contributed by atoms with Gasteiger partial charge in [0.1, 0.15) is 0 Å². The van der Waals surface area contributed by atoms with Crippen LogP contribution in [-0.4, -0.2) is 32.9 Å². The lowest BCUT2D eigenvalue weighted by atomic mass is 10.1. The molecule has 3 aromatic carbocycles. The van der Waals surface area contributed by atoms with Crippen LogP contribution in [0.15, 0.2) is 76.2 Å². The molecular formula is C28H19BrCl2N2O3S. The van der Waals surface area contributed by atoms with Crippen molar-refractivity contribution in [1.29, 1.82) is 0 Å². The molecule has 0 aliphatic carbocycles. The number of carbonyl (C=O) groups excluding carboxylic acids is 3. The predicted octanol–water partition coefficient (Wildman–Crippen LogP) is 7.99. The van der Waals surface area contributed by atoms with Crippen LogP contribution in [0.2, 0.25) is 10.0 Å². The number of imide groups is 1. The van der Waals surface area contributed by atoms with Gasteiger partial charge in [0.25, 0.3) is 11.1 Å². The third-order valence-corrected chi connectivity index (χ3v) is 8.05. The van der Waals surface area contributed by atoms with Gasteiger partial charge < -0.3 is 4.57 Å². The maximum Gasteiger partial charge on any atom is 0.293 e. The number of thioether (sulfide) groups is 1. The second-order valence-corrected chi connectivity index (χ2v) is 11.4. The first-order valence-corrected chi connectivity index (χ1v) is 13.6. The maximum absolute atomic E-state index is 13.1. The fourth-order valence-electron chi connectivity index (χ4n) is 4.13. The van der Waals surface area contributed by atoms with Gasteiger partial charge in [0.2, 0.25) is 0 Å². The van der Waals surface area contributed by atoms with Gasteiger partial charge in [0.15, 0.2) is 5.78 Å². The van der Waals surface area contributed by atoms with Crippen LogP contribution in [0.3, 0.4) is 0 Å². The molecule has 0 N–H and O–H groups in total. The van der Waals surface area contributed by atoms with Gasteiger partial charge >= 0.3 is 0 Å². The molecule has 5 rings (SSSR count). The highest BCUT2D eigenvalue weighted by molar-refractivity contribution is 9.10. The van der Waals surface area contributed by atoms with Crippen LogP contribution in [-0.2, 0) is 11.3 Å². The lowest BCUT2D eigenvalue weighted by molar-refractivity contribution is -0.122. The van der Waals surface area contributed by atoms with Crippen LogP contribution in [0.5, 0.6) is 0 Å². The quantitative estimate of drug-likeness (QED) is 0.163. The fourth-order valence-corrected chi connectivity index (χ4v) is 5.79. The van der Waals surface area contributed by atoms with E-state index in [1.165, 1.54) is 0 Å². The lowest BCUT2D eigenvalue weighted by Crippen LogP contribution is -2.33. The molecule has 2 amide bonds. The number of ketones is 1. The first kappa shape index (κ1) is 25.8. The molecule has 186 valence electrons. The third kappa shape index (κ3) is 5.41. The summed E-state index contributed by atoms with van der Waals surface area (Å²) < 4.78 is 2.92. The topological polar surface area (TPSA) is 59.4 Å². The summed E-state index contributed by atoms with van der Waals surface area (Å²) in [7, 11) is 0. The monoisotopic (exact) mass is 612 g/mol. The Morgan fingerprint density at radius 2 is 1.78 bits per heavy atom. The molecule has 1 aromatic heterocycles. The zero-order valence-electron chi connectivity index (χ0n) is 19.5. The highest BCUT2D eigenvalue weighted by Gasteiger charge is 2.36. The Labute approximate surface area is 236 Å². The Hall–Kier alpha value is -2.84. The minimum absolute atomic E-state index is 0.269. The first-order chi connectivity index (χ1) is 17.7. The predicted molar refractivity (Wildman–Crippen MR) is 153 cm³/mol. The van der Waals surface area contributed by atoms with Crippen molar-refractivity contribution in [1.82, 2.24) is 9.47 Å². The third-order valence-electron chi connectivity index (χ3n) is 6.07. The Morgan fingerprint density at radius 3 is 2.51 bits per heavy atom. The van der Waals surface area contributed by atoms with Gasteiger partial charge in [-0.15, -0.1) is 0 Å². The molecule has 0 bridgehead atoms. The van der Waals surface area contributed by atoms with Crippen molar-refractivity contribution in [3.63, 3.8) is 0 Å². The van der Waals surface area contributed by atoms with E-state index in [9.17, 15) is 14.4 Å². The van der Waals surface area contributed by atoms with Crippen molar-refractivity contribution < 1.29 is 14.4 Å². The number of fused-ring (bicyclic) bond motifs is 1. The zero-order chi connectivity index (χ0) is 26.3. The molecular weight excluding hydrogens is 595 g/mol. The number of hydrogen-bond acceptors (Lipinski definition) is 4. The number of carbonyl (C=O) groups is 3. The number of nitrogens with zero attached hydrogens (tertiary/aromatic N) is 2. The number of Topliss-reactive ketones (excluding diaryl/α,β-unsaturated/α-hetero) is 1. The van der Waals surface area contributed by atoms with E-state index in [1.54, 1.807) is 30.3 Å². The van der Waals surface area contributed by atoms with Crippen molar-refractivity contribution >= 4 is 84.8 Å². The van der Waals surface area contributed by atoms with E-state index in [1.807, 2.05) is 54.1 Å². The average molecular weight is 614 g/mol. The van der Waals surface area contributed by atoms with E-state index in [2.05, 4.69) is 15.9 Å². The molecule has 0 atom stereocenters. The Bertz CT molecular complexity index is 1610. The number of aromatic nitrogens is 1. The molecule has 1 fully saturated rings. The Morgan fingerprint density at radius 1 is 1.03 bits per heavy atom. The largest absolute Gasteiger partial charge is 0.342 e. The molecule has 0 radical (unpaired) electrons. The molecule has 5 nitrogen and oxygen atoms in total. The minimum Gasteiger partial charge on any atom is -0.342 e. The number of rotatable bonds is 6. The molecule has 0 saturated carbocycles. The van der Waals surface area contributed by atoms with E-state index >= 15 is 0 Å². The van der Waals surface area contributed by atoms with Crippen molar-refractivity contribution in [3.8, 4) is 0 Å². The summed E-state index contributed by atoms with van der Waals surface area (Å²) in [4.78, 5) is 39.8. The minimum atomic E-state index is -0.480. The van der Waals surface area contributed by atoms with Crippen LogP contribution in [0.1, 0.15) is 27.0 Å². The first-order valence-electron chi connectivity index (χ1n) is 11.3. The van der Waals surface area contributed by atoms with Gasteiger partial charge in [-0.05, 0) is 60.7 Å². The molecule has 0 unspecified atom stereocenters. The summed E-state index contributed by atoms with van der Waals surface area (Å²) in [5.74, 6) is -0.768. The molecule has 1 aliphatic heterocycles. The summed E-state index contributed by atoms with van der Waals surface area (Å²) in [5, 5.41) is 1.57. The van der Waals surface area contributed by atoms with Gasteiger partial charge in [0, 0.05) is 49.3 Å². The van der Waals surface area contributed by atoms with E-state index in [0.717, 1.165) is 48.7 Å². The number of benzene rings is 3. The van der Waals surface area contributed by atoms with Gasteiger partial charge in [-0.3, -0.25) is 19.3 Å². The second kappa shape index (κ2) is 10.5. The zero-order valence-corrected chi connectivity index (χ0v) is 23.4. The Balaban J connectivity index is 1.45. The van der Waals surface area contributed by atoms with Gasteiger partial charge in [-0.25, -0.2) is 0 Å². The van der Waals surface area contributed by atoms with E-state index in [-0.39, 0.29) is 17.2 Å². The van der Waals surface area contributed by atoms with Crippen LogP contribution in [0.4, 0.5) is 4.79 Å². The fraction of sp³-hybridized carbons (Fsp3) is 0.107. The average Bonchev–Trinajstić information content (AvgIpc) is 3.32. The Kier molecular flexibility index (Phi) is 7.32. The van der Waals surface area contributed by atoms with Crippen LogP contribution in [0, 0.1) is 6.92 Å². The van der Waals surface area contributed by atoms with Crippen molar-refractivity contribution in [2.24, 2.45) is 0 Å². The summed E-state index contributed by atoms with van der Waals surface area (Å²) in [5.41, 5.74) is 4.09. The van der Waals surface area contributed by atoms with Gasteiger partial charge in [-0.2, -0.15) is 0 Å². The summed E-state index contributed by atoms with van der Waals surface area (Å²) in [6.45, 7) is 2.12. The van der Waals surface area contributed by atoms with E-state index < -0.39 is 11.1 Å². The number of halogens is 3. The van der Waals surface area contributed by atoms with Gasteiger partial charge in [0.05, 0.1) is 11.4 Å². The smallest absolute Gasteiger partial charge is 0.293 e. The van der Waals surface area contributed by atoms with E-state index in [0.29, 0.717) is 22.2 Å². The van der Waals surface area contributed by atoms with Crippen molar-refractivity contribution in [2.75, 3.05) is 6.54 Å². The van der Waals surface area contributed by atoms with Crippen LogP contribution in [0.25, 0.3) is 17.0 Å². The van der Waals surface area contributed by atoms with Crippen LogP contribution < -0.4 is 0 Å². The van der Waals surface area contributed by atoms with Crippen molar-refractivity contribution in [2.45, 2.75) is 13.5 Å². The standard InChI is InChI=1S/C28H19BrCl2N2O3S/c1-16-2-4-17(5-3-16)25(34)15-33-27(35)26(37-28(33)36)10-19-14-32(24-9-7-20(29)11-22(19)24)13-18-6-8-21(30)12-23(18)31/h2-12,14H,13,15H2,1H3/b26-10-. The molecule has 4 aromatic rings. The number of aryl methyl sites for hydroxylation is 1. The highest BCUT2D eigenvalue weighted by Crippen LogP contribution is 2.35. The normalized spacial score (nSPS) is 14.8. The molecule has 0 spiro atoms. The lowest BCUT2D eigenvalue weighted by Gasteiger charge is -2.11. The SMILES string of the molecule is Cc1ccc(C(=O)CN2C(=O)S/C(=C\c3cn(Cc4ccc(Cl)cc4Cl)c4ccc(Br)cc34)C2=O)cc1. The van der Waals surface area contributed by atoms with Gasteiger partial charge in [-0.1, -0.05) is 75.0 Å². The van der Waals surface area contributed by atoms with Crippen molar-refractivity contribution in [3.05, 3.63) is 109 Å². The summed E-state index contributed by atoms with van der Waals surface area (Å²) >= 11 is 16.8. The molecule has 37 heavy (non-hydrogen) atoms. The molecule has 2 heterocycles. The summed E-state index contributed by atoms with van der Waals surface area (Å²) in [6.07, 6.45) is 3.63. The molecule has 1 aliphatic rings. The second-order valence-electron chi connectivity index (χ2n) is 8.67. The number of amides is 2. The molecule has 9 heteroatoms. The molecule has 1 saturated heterocycles. The summed E-state index contributed by atoms with van der Waals surface area (Å²) in [6, 6.07) is 18.3. The van der Waals surface area contributed by atoms with E-state index in [4.69, 9.17) is 23.2 Å². The maximum atomic E-state index is 13.1. The number of hydrogen-bond donors (Lipinski definition) is 0. The highest BCUT2D eigenvalue weighted by atomic mass is 79.9.